The van der Waals surface area contributed by atoms with E-state index < -0.39 is 5.60 Å². The number of methoxy groups -OCH3 is 1. The first-order valence-electron chi connectivity index (χ1n) is 6.99. The number of halogens is 1. The number of carbonyl (C=O) groups excluding carboxylic acids is 1. The summed E-state index contributed by atoms with van der Waals surface area (Å²) in [6.07, 6.45) is 2.83. The van der Waals surface area contributed by atoms with Crippen molar-refractivity contribution >= 4 is 17.6 Å². The van der Waals surface area contributed by atoms with Crippen LogP contribution in [-0.2, 0) is 20.7 Å². The average molecular weight is 295 g/mol. The zero-order valence-electron chi connectivity index (χ0n) is 11.8. The number of esters is 1. The van der Waals surface area contributed by atoms with Crippen LogP contribution in [0.4, 0.5) is 0 Å². The van der Waals surface area contributed by atoms with E-state index in [-0.39, 0.29) is 17.3 Å². The van der Waals surface area contributed by atoms with E-state index in [4.69, 9.17) is 21.1 Å². The molecular formula is C16H19ClO3. The highest BCUT2D eigenvalue weighted by Gasteiger charge is 2.70. The third-order valence-corrected chi connectivity index (χ3v) is 5.27. The van der Waals surface area contributed by atoms with Crippen LogP contribution in [0.3, 0.4) is 0 Å². The van der Waals surface area contributed by atoms with Crippen molar-refractivity contribution in [3.63, 3.8) is 0 Å². The van der Waals surface area contributed by atoms with Gasteiger partial charge in [0.2, 0.25) is 0 Å². The quantitative estimate of drug-likeness (QED) is 0.803. The van der Waals surface area contributed by atoms with Crippen molar-refractivity contribution in [3.8, 4) is 0 Å². The number of rotatable bonds is 3. The Morgan fingerprint density at radius 2 is 2.15 bits per heavy atom. The lowest BCUT2D eigenvalue weighted by Crippen LogP contribution is -2.66. The second-order valence-electron chi connectivity index (χ2n) is 6.14. The van der Waals surface area contributed by atoms with Gasteiger partial charge >= 0.3 is 5.97 Å². The molecule has 1 saturated heterocycles. The summed E-state index contributed by atoms with van der Waals surface area (Å²) in [6.45, 7) is 2.79. The Kier molecular flexibility index (Phi) is 3.30. The van der Waals surface area contributed by atoms with Crippen molar-refractivity contribution in [2.24, 2.45) is 11.3 Å². The fourth-order valence-electron chi connectivity index (χ4n) is 3.81. The number of ether oxygens (including phenoxy) is 2. The number of benzene rings is 1. The fourth-order valence-corrected chi connectivity index (χ4v) is 3.94. The minimum atomic E-state index is -0.749. The Morgan fingerprint density at radius 1 is 1.45 bits per heavy atom. The third-order valence-electron chi connectivity index (χ3n) is 5.02. The summed E-state index contributed by atoms with van der Waals surface area (Å²) in [4.78, 5) is 12.3. The molecule has 4 heteroatoms. The van der Waals surface area contributed by atoms with Crippen LogP contribution in [0.2, 0.25) is 5.02 Å². The Labute approximate surface area is 124 Å². The van der Waals surface area contributed by atoms with E-state index in [1.165, 1.54) is 12.7 Å². The van der Waals surface area contributed by atoms with E-state index in [1.807, 2.05) is 24.3 Å². The number of hydrogen-bond donors (Lipinski definition) is 0. The second-order valence-corrected chi connectivity index (χ2v) is 6.58. The van der Waals surface area contributed by atoms with E-state index in [9.17, 15) is 4.79 Å². The van der Waals surface area contributed by atoms with Crippen molar-refractivity contribution < 1.29 is 14.3 Å². The van der Waals surface area contributed by atoms with E-state index in [0.717, 1.165) is 24.3 Å². The largest absolute Gasteiger partial charge is 0.467 e. The highest BCUT2D eigenvalue weighted by atomic mass is 35.5. The van der Waals surface area contributed by atoms with Gasteiger partial charge in [0.05, 0.1) is 13.7 Å². The van der Waals surface area contributed by atoms with E-state index in [2.05, 4.69) is 6.92 Å². The van der Waals surface area contributed by atoms with Crippen LogP contribution in [0, 0.1) is 11.3 Å². The van der Waals surface area contributed by atoms with E-state index >= 15 is 0 Å². The molecule has 1 aliphatic carbocycles. The van der Waals surface area contributed by atoms with Gasteiger partial charge in [-0.3, -0.25) is 0 Å². The second kappa shape index (κ2) is 4.74. The van der Waals surface area contributed by atoms with Gasteiger partial charge in [-0.2, -0.15) is 0 Å². The first-order chi connectivity index (χ1) is 9.52. The molecule has 3 atom stereocenters. The minimum Gasteiger partial charge on any atom is -0.467 e. The van der Waals surface area contributed by atoms with Crippen LogP contribution < -0.4 is 0 Å². The van der Waals surface area contributed by atoms with Crippen LogP contribution in [0.15, 0.2) is 24.3 Å². The maximum Gasteiger partial charge on any atom is 0.339 e. The smallest absolute Gasteiger partial charge is 0.339 e. The molecule has 3 rings (SSSR count). The monoisotopic (exact) mass is 294 g/mol. The summed E-state index contributed by atoms with van der Waals surface area (Å²) in [5, 5.41) is 0.729. The van der Waals surface area contributed by atoms with Gasteiger partial charge in [-0.15, -0.1) is 0 Å². The Balaban J connectivity index is 1.86. The van der Waals surface area contributed by atoms with Gasteiger partial charge in [-0.25, -0.2) is 4.79 Å². The van der Waals surface area contributed by atoms with Crippen molar-refractivity contribution in [3.05, 3.63) is 34.9 Å². The Morgan fingerprint density at radius 3 is 2.70 bits per heavy atom. The fraction of sp³-hybridized carbons (Fsp3) is 0.562. The summed E-state index contributed by atoms with van der Waals surface area (Å²) in [7, 11) is 1.44. The molecule has 1 aliphatic heterocycles. The molecule has 108 valence electrons. The van der Waals surface area contributed by atoms with Crippen LogP contribution in [0.25, 0.3) is 0 Å². The van der Waals surface area contributed by atoms with Crippen LogP contribution in [0.1, 0.15) is 25.3 Å². The van der Waals surface area contributed by atoms with Gasteiger partial charge in [0.25, 0.3) is 0 Å². The summed E-state index contributed by atoms with van der Waals surface area (Å²) in [5.41, 5.74) is 0.362. The predicted molar refractivity (Wildman–Crippen MR) is 76.7 cm³/mol. The molecular weight excluding hydrogens is 276 g/mol. The summed E-state index contributed by atoms with van der Waals surface area (Å²) in [5.74, 6) is -0.0439. The lowest BCUT2D eigenvalue weighted by molar-refractivity contribution is -0.262. The lowest BCUT2D eigenvalue weighted by Gasteiger charge is -2.53. The molecule has 2 aliphatic rings. The molecule has 0 N–H and O–H groups in total. The van der Waals surface area contributed by atoms with E-state index in [1.54, 1.807) is 0 Å². The third kappa shape index (κ3) is 1.80. The summed E-state index contributed by atoms with van der Waals surface area (Å²) >= 11 is 5.91. The molecule has 1 saturated carbocycles. The normalized spacial score (nSPS) is 35.2. The van der Waals surface area contributed by atoms with Crippen molar-refractivity contribution in [2.45, 2.75) is 31.8 Å². The molecule has 1 heterocycles. The highest BCUT2D eigenvalue weighted by molar-refractivity contribution is 6.30. The predicted octanol–water partition coefficient (Wildman–Crippen LogP) is 3.24. The molecule has 1 aromatic carbocycles. The first-order valence-corrected chi connectivity index (χ1v) is 7.36. The molecule has 2 fully saturated rings. The molecule has 0 spiro atoms. The zero-order valence-corrected chi connectivity index (χ0v) is 12.6. The van der Waals surface area contributed by atoms with Crippen molar-refractivity contribution in [2.75, 3.05) is 13.7 Å². The molecule has 1 unspecified atom stereocenters. The Bertz CT molecular complexity index is 527. The SMILES string of the molecule is COC(=O)[C@@]12OC[C@]1(C)CCC2Cc1ccc(Cl)cc1. The summed E-state index contributed by atoms with van der Waals surface area (Å²) < 4.78 is 10.8. The molecule has 1 aromatic rings. The molecule has 0 amide bonds. The maximum atomic E-state index is 12.3. The van der Waals surface area contributed by atoms with Crippen LogP contribution in [0.5, 0.6) is 0 Å². The summed E-state index contributed by atoms with van der Waals surface area (Å²) in [6, 6.07) is 7.80. The Hall–Kier alpha value is -1.06. The van der Waals surface area contributed by atoms with Gasteiger partial charge in [0.15, 0.2) is 5.60 Å². The van der Waals surface area contributed by atoms with Crippen LogP contribution >= 0.6 is 11.6 Å². The lowest BCUT2D eigenvalue weighted by atomic mass is 9.67. The average Bonchev–Trinajstić information content (AvgIpc) is 2.62. The molecule has 20 heavy (non-hydrogen) atoms. The van der Waals surface area contributed by atoms with E-state index in [0.29, 0.717) is 6.61 Å². The number of fused-ring (bicyclic) bond motifs is 1. The molecule has 0 bridgehead atoms. The maximum absolute atomic E-state index is 12.3. The highest BCUT2D eigenvalue weighted by Crippen LogP contribution is 2.60. The first kappa shape index (κ1) is 13.9. The van der Waals surface area contributed by atoms with Crippen molar-refractivity contribution in [1.82, 2.24) is 0 Å². The standard InChI is InChI=1S/C16H19ClO3/c1-15-8-7-12(9-11-3-5-13(17)6-4-11)16(15,20-10-15)14(18)19-2/h3-6,12H,7-10H2,1-2H3/t12?,15-,16+/m0/s1. The molecule has 3 nitrogen and oxygen atoms in total. The molecule has 0 radical (unpaired) electrons. The number of hydrogen-bond acceptors (Lipinski definition) is 3. The van der Waals surface area contributed by atoms with Crippen molar-refractivity contribution in [1.29, 1.82) is 0 Å². The number of carbonyl (C=O) groups is 1. The van der Waals surface area contributed by atoms with Gasteiger partial charge in [0, 0.05) is 16.4 Å². The van der Waals surface area contributed by atoms with Gasteiger partial charge in [-0.05, 0) is 37.0 Å². The van der Waals surface area contributed by atoms with Gasteiger partial charge in [0.1, 0.15) is 0 Å². The van der Waals surface area contributed by atoms with Crippen LogP contribution in [-0.4, -0.2) is 25.3 Å². The topological polar surface area (TPSA) is 35.5 Å². The zero-order chi connectivity index (χ0) is 14.4. The molecule has 0 aromatic heterocycles. The van der Waals surface area contributed by atoms with Gasteiger partial charge in [-0.1, -0.05) is 30.7 Å². The minimum absolute atomic E-state index is 0.0722. The van der Waals surface area contributed by atoms with Gasteiger partial charge < -0.3 is 9.47 Å².